The number of benzene rings is 2. The topological polar surface area (TPSA) is 62.7 Å². The maximum atomic E-state index is 13.8. The van der Waals surface area contributed by atoms with Crippen molar-refractivity contribution in [3.05, 3.63) is 64.5 Å². The van der Waals surface area contributed by atoms with Crippen LogP contribution < -0.4 is 10.6 Å². The number of aromatic nitrogens is 3. The molecule has 3 rings (SSSR count). The van der Waals surface area contributed by atoms with Crippen LogP contribution in [-0.4, -0.2) is 15.2 Å². The second-order valence-corrected chi connectivity index (χ2v) is 5.41. The van der Waals surface area contributed by atoms with E-state index in [0.717, 1.165) is 0 Å². The third-order valence-electron chi connectivity index (χ3n) is 2.85. The van der Waals surface area contributed by atoms with Crippen LogP contribution in [0.15, 0.2) is 48.5 Å². The molecule has 0 radical (unpaired) electrons. The van der Waals surface area contributed by atoms with E-state index in [2.05, 4.69) is 25.8 Å². The van der Waals surface area contributed by atoms with Crippen LogP contribution in [0.25, 0.3) is 0 Å². The van der Waals surface area contributed by atoms with E-state index in [1.165, 1.54) is 0 Å². The zero-order valence-corrected chi connectivity index (χ0v) is 13.1. The fraction of sp³-hybridized carbons (Fsp3) is 0. The summed E-state index contributed by atoms with van der Waals surface area (Å²) in [6.07, 6.45) is 0. The predicted octanol–water partition coefficient (Wildman–Crippen LogP) is 4.80. The van der Waals surface area contributed by atoms with Gasteiger partial charge in [0.1, 0.15) is 0 Å². The van der Waals surface area contributed by atoms with Gasteiger partial charge in [-0.05, 0) is 48.5 Å². The van der Waals surface area contributed by atoms with Crippen molar-refractivity contribution in [3.8, 4) is 0 Å². The summed E-state index contributed by atoms with van der Waals surface area (Å²) in [4.78, 5) is 4.07. The largest absolute Gasteiger partial charge is 0.336 e. The Morgan fingerprint density at radius 1 is 0.739 bits per heavy atom. The Bertz CT molecular complexity index is 809. The van der Waals surface area contributed by atoms with Gasteiger partial charge >= 0.3 is 0 Å². The number of hydrogen-bond acceptors (Lipinski definition) is 5. The Morgan fingerprint density at radius 2 is 1.26 bits per heavy atom. The van der Waals surface area contributed by atoms with Crippen LogP contribution in [0.4, 0.5) is 27.5 Å². The molecule has 0 saturated heterocycles. The number of rotatable bonds is 4. The van der Waals surface area contributed by atoms with Crippen molar-refractivity contribution in [1.29, 1.82) is 0 Å². The molecule has 0 amide bonds. The highest BCUT2D eigenvalue weighted by Gasteiger charge is 2.09. The molecule has 0 unspecified atom stereocenters. The van der Waals surface area contributed by atoms with Crippen molar-refractivity contribution in [2.24, 2.45) is 0 Å². The molecule has 0 aliphatic carbocycles. The molecule has 116 valence electrons. The lowest BCUT2D eigenvalue weighted by atomic mass is 10.3. The quantitative estimate of drug-likeness (QED) is 0.707. The van der Waals surface area contributed by atoms with Crippen molar-refractivity contribution < 1.29 is 4.39 Å². The van der Waals surface area contributed by atoms with E-state index >= 15 is 0 Å². The molecule has 3 aromatic rings. The minimum absolute atomic E-state index is 0.0428. The fourth-order valence-electron chi connectivity index (χ4n) is 1.78. The van der Waals surface area contributed by atoms with Gasteiger partial charge in [0, 0.05) is 21.4 Å². The van der Waals surface area contributed by atoms with E-state index in [9.17, 15) is 4.39 Å². The highest BCUT2D eigenvalue weighted by atomic mass is 35.5. The maximum Gasteiger partial charge on any atom is 0.275 e. The van der Waals surface area contributed by atoms with Crippen LogP contribution in [0, 0.1) is 5.95 Å². The summed E-state index contributed by atoms with van der Waals surface area (Å²) in [6, 6.07) is 13.7. The molecular weight excluding hydrogens is 340 g/mol. The normalized spacial score (nSPS) is 10.4. The molecule has 1 heterocycles. The number of anilines is 4. The minimum Gasteiger partial charge on any atom is -0.336 e. The second-order valence-electron chi connectivity index (χ2n) is 4.54. The molecule has 2 aromatic carbocycles. The predicted molar refractivity (Wildman–Crippen MR) is 89.3 cm³/mol. The van der Waals surface area contributed by atoms with Crippen molar-refractivity contribution in [2.75, 3.05) is 10.6 Å². The van der Waals surface area contributed by atoms with E-state index in [1.54, 1.807) is 48.5 Å². The van der Waals surface area contributed by atoms with Crippen LogP contribution in [0.5, 0.6) is 0 Å². The van der Waals surface area contributed by atoms with E-state index < -0.39 is 5.95 Å². The average molecular weight is 350 g/mol. The van der Waals surface area contributed by atoms with Crippen LogP contribution in [0.2, 0.25) is 10.0 Å². The van der Waals surface area contributed by atoms with E-state index in [1.807, 2.05) is 0 Å². The molecule has 2 N–H and O–H groups in total. The Kier molecular flexibility index (Phi) is 4.55. The van der Waals surface area contributed by atoms with Crippen LogP contribution in [0.3, 0.4) is 0 Å². The smallest absolute Gasteiger partial charge is 0.275 e. The van der Waals surface area contributed by atoms with Crippen molar-refractivity contribution in [1.82, 2.24) is 15.2 Å². The van der Waals surface area contributed by atoms with Gasteiger partial charge in [-0.25, -0.2) is 0 Å². The molecule has 0 fully saturated rings. The fourth-order valence-corrected chi connectivity index (χ4v) is 2.03. The molecule has 0 aliphatic heterocycles. The molecule has 23 heavy (non-hydrogen) atoms. The molecule has 5 nitrogen and oxygen atoms in total. The zero-order valence-electron chi connectivity index (χ0n) is 11.6. The SMILES string of the molecule is Fc1nnc(Nc2ccc(Cl)cc2)nc1Nc1ccc(Cl)cc1. The van der Waals surface area contributed by atoms with Crippen molar-refractivity contribution in [3.63, 3.8) is 0 Å². The van der Waals surface area contributed by atoms with Gasteiger partial charge in [-0.15, -0.1) is 10.2 Å². The summed E-state index contributed by atoms with van der Waals surface area (Å²) in [5.74, 6) is -0.689. The maximum absolute atomic E-state index is 13.8. The zero-order chi connectivity index (χ0) is 16.2. The first kappa shape index (κ1) is 15.5. The first-order valence-corrected chi connectivity index (χ1v) is 7.31. The molecule has 1 aromatic heterocycles. The Morgan fingerprint density at radius 3 is 1.83 bits per heavy atom. The molecule has 0 spiro atoms. The van der Waals surface area contributed by atoms with Crippen LogP contribution in [0.1, 0.15) is 0 Å². The lowest BCUT2D eigenvalue weighted by molar-refractivity contribution is 0.561. The first-order chi connectivity index (χ1) is 11.1. The standard InChI is InChI=1S/C15H10Cl2FN5/c16-9-1-5-11(6-2-9)19-14-13(18)22-23-15(21-14)20-12-7-3-10(17)4-8-12/h1-8H,(H2,19,20,21,23). The summed E-state index contributed by atoms with van der Waals surface area (Å²) >= 11 is 11.6. The molecule has 0 saturated carbocycles. The summed E-state index contributed by atoms with van der Waals surface area (Å²) < 4.78 is 13.8. The number of hydrogen-bond donors (Lipinski definition) is 2. The van der Waals surface area contributed by atoms with Crippen LogP contribution in [-0.2, 0) is 0 Å². The minimum atomic E-state index is -0.804. The van der Waals surface area contributed by atoms with E-state index in [4.69, 9.17) is 23.2 Å². The van der Waals surface area contributed by atoms with Gasteiger partial charge in [0.15, 0.2) is 5.82 Å². The van der Waals surface area contributed by atoms with Gasteiger partial charge < -0.3 is 10.6 Å². The molecule has 0 bridgehead atoms. The summed E-state index contributed by atoms with van der Waals surface area (Å²) in [7, 11) is 0. The van der Waals surface area contributed by atoms with Crippen LogP contribution >= 0.6 is 23.2 Å². The van der Waals surface area contributed by atoms with Gasteiger partial charge in [-0.3, -0.25) is 0 Å². The van der Waals surface area contributed by atoms with Gasteiger partial charge in [0.25, 0.3) is 5.95 Å². The Balaban J connectivity index is 1.81. The van der Waals surface area contributed by atoms with Crippen molar-refractivity contribution >= 4 is 46.3 Å². The van der Waals surface area contributed by atoms with Gasteiger partial charge in [0.05, 0.1) is 0 Å². The Labute approximate surface area is 141 Å². The number of nitrogens with one attached hydrogen (secondary N) is 2. The molecule has 0 atom stereocenters. The van der Waals surface area contributed by atoms with Gasteiger partial charge in [-0.1, -0.05) is 23.2 Å². The highest BCUT2D eigenvalue weighted by molar-refractivity contribution is 6.30. The molecular formula is C15H10Cl2FN5. The summed E-state index contributed by atoms with van der Waals surface area (Å²) in [5.41, 5.74) is 1.34. The van der Waals surface area contributed by atoms with E-state index in [-0.39, 0.29) is 11.8 Å². The highest BCUT2D eigenvalue weighted by Crippen LogP contribution is 2.21. The lowest BCUT2D eigenvalue weighted by Crippen LogP contribution is -2.06. The molecule has 8 heteroatoms. The number of halogens is 3. The molecule has 0 aliphatic rings. The Hall–Kier alpha value is -2.44. The van der Waals surface area contributed by atoms with Gasteiger partial charge in [0.2, 0.25) is 5.95 Å². The van der Waals surface area contributed by atoms with Gasteiger partial charge in [-0.2, -0.15) is 9.37 Å². The summed E-state index contributed by atoms with van der Waals surface area (Å²) in [5, 5.41) is 14.1. The number of nitrogens with zero attached hydrogens (tertiary/aromatic N) is 3. The monoisotopic (exact) mass is 349 g/mol. The second kappa shape index (κ2) is 6.76. The average Bonchev–Trinajstić information content (AvgIpc) is 2.55. The third-order valence-corrected chi connectivity index (χ3v) is 3.36. The summed E-state index contributed by atoms with van der Waals surface area (Å²) in [6.45, 7) is 0. The van der Waals surface area contributed by atoms with Crippen molar-refractivity contribution in [2.45, 2.75) is 0 Å². The lowest BCUT2D eigenvalue weighted by Gasteiger charge is -2.08. The first-order valence-electron chi connectivity index (χ1n) is 6.55. The third kappa shape index (κ3) is 4.06. The van der Waals surface area contributed by atoms with E-state index in [0.29, 0.717) is 21.4 Å².